The summed E-state index contributed by atoms with van der Waals surface area (Å²) in [5.41, 5.74) is 2.77. The molecular weight excluding hydrogens is 288 g/mol. The quantitative estimate of drug-likeness (QED) is 0.805. The van der Waals surface area contributed by atoms with Crippen molar-refractivity contribution in [2.75, 3.05) is 0 Å². The summed E-state index contributed by atoms with van der Waals surface area (Å²) in [6, 6.07) is 5.98. The summed E-state index contributed by atoms with van der Waals surface area (Å²) in [7, 11) is 1.85. The zero-order valence-corrected chi connectivity index (χ0v) is 13.5. The first-order chi connectivity index (χ1) is 9.91. The Morgan fingerprint density at radius 1 is 1.43 bits per heavy atom. The Labute approximate surface area is 129 Å². The van der Waals surface area contributed by atoms with Crippen LogP contribution < -0.4 is 9.47 Å². The van der Waals surface area contributed by atoms with Gasteiger partial charge in [0, 0.05) is 19.0 Å². The van der Waals surface area contributed by atoms with E-state index in [1.54, 1.807) is 4.68 Å². The monoisotopic (exact) mass is 306 g/mol. The highest BCUT2D eigenvalue weighted by Gasteiger charge is 2.32. The second-order valence-corrected chi connectivity index (χ2v) is 6.28. The Morgan fingerprint density at radius 2 is 2.19 bits per heavy atom. The highest BCUT2D eigenvalue weighted by Crippen LogP contribution is 2.43. The second kappa shape index (κ2) is 4.95. The maximum absolute atomic E-state index is 6.08. The molecule has 21 heavy (non-hydrogen) atoms. The summed E-state index contributed by atoms with van der Waals surface area (Å²) >= 11 is 6.01. The van der Waals surface area contributed by atoms with Crippen LogP contribution in [0.1, 0.15) is 30.7 Å². The van der Waals surface area contributed by atoms with E-state index in [4.69, 9.17) is 21.1 Å². The van der Waals surface area contributed by atoms with Gasteiger partial charge < -0.3 is 9.47 Å². The first kappa shape index (κ1) is 14.3. The fraction of sp³-hybridized carbons (Fsp3) is 0.438. The van der Waals surface area contributed by atoms with Gasteiger partial charge in [-0.05, 0) is 26.8 Å². The van der Waals surface area contributed by atoms with Gasteiger partial charge in [-0.15, -0.1) is 11.6 Å². The minimum absolute atomic E-state index is 0.195. The van der Waals surface area contributed by atoms with Gasteiger partial charge in [0.2, 0.25) is 5.88 Å². The van der Waals surface area contributed by atoms with Crippen LogP contribution in [0.4, 0.5) is 0 Å². The molecule has 2 heterocycles. The van der Waals surface area contributed by atoms with Crippen molar-refractivity contribution in [2.24, 2.45) is 7.05 Å². The normalized spacial score (nSPS) is 15.7. The van der Waals surface area contributed by atoms with Crippen molar-refractivity contribution < 1.29 is 9.47 Å². The van der Waals surface area contributed by atoms with Gasteiger partial charge in [-0.3, -0.25) is 0 Å². The fourth-order valence-electron chi connectivity index (χ4n) is 2.73. The average Bonchev–Trinajstić information content (AvgIpc) is 2.85. The van der Waals surface area contributed by atoms with Crippen molar-refractivity contribution in [3.63, 3.8) is 0 Å². The summed E-state index contributed by atoms with van der Waals surface area (Å²) in [6.07, 6.45) is 0.881. The molecule has 0 bridgehead atoms. The number of para-hydroxylation sites is 1. The van der Waals surface area contributed by atoms with Gasteiger partial charge in [-0.25, -0.2) is 4.68 Å². The van der Waals surface area contributed by atoms with Gasteiger partial charge in [-0.2, -0.15) is 5.10 Å². The Bertz CT molecular complexity index is 692. The number of benzene rings is 1. The molecule has 0 fully saturated rings. The van der Waals surface area contributed by atoms with Crippen LogP contribution in [0.25, 0.3) is 0 Å². The van der Waals surface area contributed by atoms with Crippen molar-refractivity contribution in [3.8, 4) is 17.4 Å². The molecule has 0 saturated heterocycles. The molecule has 0 aliphatic carbocycles. The number of aromatic nitrogens is 2. The van der Waals surface area contributed by atoms with Crippen LogP contribution in [0, 0.1) is 6.92 Å². The molecule has 1 aromatic heterocycles. The minimum atomic E-state index is -0.195. The predicted octanol–water partition coefficient (Wildman–Crippen LogP) is 3.97. The second-order valence-electron chi connectivity index (χ2n) is 6.01. The van der Waals surface area contributed by atoms with E-state index in [2.05, 4.69) is 25.0 Å². The van der Waals surface area contributed by atoms with Gasteiger partial charge in [-0.1, -0.05) is 12.1 Å². The maximum Gasteiger partial charge on any atom is 0.222 e. The summed E-state index contributed by atoms with van der Waals surface area (Å²) in [5, 5.41) is 4.37. The molecule has 4 nitrogen and oxygen atoms in total. The Balaban J connectivity index is 2.00. The number of fused-ring (bicyclic) bond motifs is 1. The van der Waals surface area contributed by atoms with Gasteiger partial charge in [0.15, 0.2) is 11.5 Å². The lowest BCUT2D eigenvalue weighted by Gasteiger charge is -2.18. The molecule has 0 amide bonds. The van der Waals surface area contributed by atoms with E-state index in [9.17, 15) is 0 Å². The predicted molar refractivity (Wildman–Crippen MR) is 82.4 cm³/mol. The average molecular weight is 307 g/mol. The van der Waals surface area contributed by atoms with Crippen LogP contribution in [0.2, 0.25) is 0 Å². The third kappa shape index (κ3) is 2.48. The highest BCUT2D eigenvalue weighted by atomic mass is 35.5. The molecular formula is C16H19ClN2O2. The summed E-state index contributed by atoms with van der Waals surface area (Å²) in [6.45, 7) is 6.09. The van der Waals surface area contributed by atoms with Crippen LogP contribution >= 0.6 is 11.6 Å². The van der Waals surface area contributed by atoms with Crippen molar-refractivity contribution in [1.29, 1.82) is 0 Å². The van der Waals surface area contributed by atoms with Crippen molar-refractivity contribution in [3.05, 3.63) is 35.0 Å². The molecule has 0 radical (unpaired) electrons. The summed E-state index contributed by atoms with van der Waals surface area (Å²) in [4.78, 5) is 0. The smallest absolute Gasteiger partial charge is 0.222 e. The number of aryl methyl sites for hydroxylation is 2. The molecule has 112 valence electrons. The van der Waals surface area contributed by atoms with E-state index in [0.717, 1.165) is 23.4 Å². The fourth-order valence-corrected chi connectivity index (χ4v) is 3.04. The van der Waals surface area contributed by atoms with E-state index in [-0.39, 0.29) is 5.60 Å². The molecule has 1 aromatic carbocycles. The number of nitrogens with zero attached hydrogens (tertiary/aromatic N) is 2. The lowest BCUT2D eigenvalue weighted by Crippen LogP contribution is -2.24. The lowest BCUT2D eigenvalue weighted by molar-refractivity contribution is 0.134. The summed E-state index contributed by atoms with van der Waals surface area (Å²) in [5.74, 6) is 2.58. The Morgan fingerprint density at radius 3 is 2.90 bits per heavy atom. The van der Waals surface area contributed by atoms with Crippen LogP contribution in [0.5, 0.6) is 17.4 Å². The van der Waals surface area contributed by atoms with Gasteiger partial charge in [0.25, 0.3) is 0 Å². The molecule has 0 N–H and O–H groups in total. The highest BCUT2D eigenvalue weighted by molar-refractivity contribution is 6.17. The van der Waals surface area contributed by atoms with E-state index in [1.807, 2.05) is 26.1 Å². The molecule has 0 saturated carbocycles. The number of hydrogen-bond acceptors (Lipinski definition) is 3. The SMILES string of the molecule is Cc1nn(C)c(Oc2cccc3c2OC(C)(C)C3)c1CCl. The molecule has 5 heteroatoms. The first-order valence-electron chi connectivity index (χ1n) is 6.98. The first-order valence-corrected chi connectivity index (χ1v) is 7.52. The number of halogens is 1. The molecule has 0 atom stereocenters. The Kier molecular flexibility index (Phi) is 3.36. The molecule has 1 aliphatic heterocycles. The van der Waals surface area contributed by atoms with Gasteiger partial charge in [0.1, 0.15) is 5.60 Å². The van der Waals surface area contributed by atoms with Crippen LogP contribution in [-0.4, -0.2) is 15.4 Å². The number of rotatable bonds is 3. The van der Waals surface area contributed by atoms with Crippen molar-refractivity contribution in [1.82, 2.24) is 9.78 Å². The van der Waals surface area contributed by atoms with E-state index in [0.29, 0.717) is 17.5 Å². The lowest BCUT2D eigenvalue weighted by atomic mass is 10.0. The third-order valence-corrected chi connectivity index (χ3v) is 3.95. The summed E-state index contributed by atoms with van der Waals surface area (Å²) < 4.78 is 13.8. The maximum atomic E-state index is 6.08. The van der Waals surface area contributed by atoms with E-state index in [1.165, 1.54) is 5.56 Å². The van der Waals surface area contributed by atoms with Crippen LogP contribution in [-0.2, 0) is 19.3 Å². The number of hydrogen-bond donors (Lipinski definition) is 0. The molecule has 1 aliphatic rings. The van der Waals surface area contributed by atoms with Crippen molar-refractivity contribution in [2.45, 2.75) is 38.7 Å². The zero-order valence-electron chi connectivity index (χ0n) is 12.7. The van der Waals surface area contributed by atoms with E-state index >= 15 is 0 Å². The third-order valence-electron chi connectivity index (χ3n) is 3.68. The molecule has 2 aromatic rings. The van der Waals surface area contributed by atoms with Crippen LogP contribution in [0.3, 0.4) is 0 Å². The van der Waals surface area contributed by atoms with Gasteiger partial charge in [0.05, 0.1) is 17.1 Å². The minimum Gasteiger partial charge on any atom is -0.483 e. The van der Waals surface area contributed by atoms with Crippen LogP contribution in [0.15, 0.2) is 18.2 Å². The van der Waals surface area contributed by atoms with Gasteiger partial charge >= 0.3 is 0 Å². The topological polar surface area (TPSA) is 36.3 Å². The molecule has 0 unspecified atom stereocenters. The van der Waals surface area contributed by atoms with E-state index < -0.39 is 0 Å². The van der Waals surface area contributed by atoms with Crippen molar-refractivity contribution >= 4 is 11.6 Å². The largest absolute Gasteiger partial charge is 0.483 e. The number of ether oxygens (including phenoxy) is 2. The molecule has 0 spiro atoms. The zero-order chi connectivity index (χ0) is 15.2. The standard InChI is InChI=1S/C16H19ClN2O2/c1-10-12(9-17)15(19(4)18-10)20-13-7-5-6-11-8-16(2,3)21-14(11)13/h5-7H,8-9H2,1-4H3. The Hall–Kier alpha value is -1.68. The number of alkyl halides is 1. The molecule has 3 rings (SSSR count).